The molecule has 1 saturated heterocycles. The number of aliphatic carboxylic acids is 1. The van der Waals surface area contributed by atoms with Crippen LogP contribution in [0.2, 0.25) is 0 Å². The number of phenolic OH excluding ortho intramolecular Hbond substituents is 4. The van der Waals surface area contributed by atoms with Crippen LogP contribution < -0.4 is 10.6 Å². The van der Waals surface area contributed by atoms with Crippen molar-refractivity contribution in [3.05, 3.63) is 58.3 Å². The van der Waals surface area contributed by atoms with Gasteiger partial charge in [0, 0.05) is 38.6 Å². The number of carbonyl (C=O) groups is 4. The van der Waals surface area contributed by atoms with Crippen LogP contribution in [0.5, 0.6) is 23.0 Å². The second kappa shape index (κ2) is 14.2. The number of rotatable bonds is 14. The van der Waals surface area contributed by atoms with Crippen molar-refractivity contribution in [3.63, 3.8) is 0 Å². The monoisotopic (exact) mass is 662 g/mol. The van der Waals surface area contributed by atoms with Gasteiger partial charge in [0.15, 0.2) is 34.6 Å². The van der Waals surface area contributed by atoms with E-state index in [1.165, 1.54) is 11.8 Å². The zero-order valence-corrected chi connectivity index (χ0v) is 25.5. The number of amides is 3. The molecule has 0 bridgehead atoms. The third-order valence-electron chi connectivity index (χ3n) is 8.46. The van der Waals surface area contributed by atoms with Gasteiger partial charge in [0.25, 0.3) is 11.8 Å². The Bertz CT molecular complexity index is 1540. The molecule has 0 aliphatic carbocycles. The Morgan fingerprint density at radius 3 is 1.79 bits per heavy atom. The maximum Gasteiger partial charge on any atom is 0.352 e. The molecule has 16 heteroatoms. The molecule has 2 aromatic rings. The number of β-lactam (4-membered cyclic amide) rings is 1. The molecule has 254 valence electrons. The number of hydrogen-bond acceptors (Lipinski definition) is 10. The lowest BCUT2D eigenvalue weighted by molar-refractivity contribution is -0.163. The fourth-order valence-corrected chi connectivity index (χ4v) is 6.02. The summed E-state index contributed by atoms with van der Waals surface area (Å²) in [4.78, 5) is 53.0. The maximum absolute atomic E-state index is 14.2. The molecule has 0 aromatic heterocycles. The third-order valence-corrected chi connectivity index (χ3v) is 8.46. The van der Waals surface area contributed by atoms with Crippen molar-refractivity contribution < 1.29 is 58.6 Å². The number of phenols is 4. The predicted octanol–water partition coefficient (Wildman–Crippen LogP) is 1.23. The molecule has 4 rings (SSSR count). The smallest absolute Gasteiger partial charge is 0.352 e. The first-order valence-corrected chi connectivity index (χ1v) is 14.8. The summed E-state index contributed by atoms with van der Waals surface area (Å²) in [5.74, 6) is -10.8. The van der Waals surface area contributed by atoms with Crippen molar-refractivity contribution in [2.75, 3.05) is 32.7 Å². The van der Waals surface area contributed by atoms with Gasteiger partial charge in [0.2, 0.25) is 5.91 Å². The number of aliphatic hydroxyl groups excluding tert-OH is 1. The summed E-state index contributed by atoms with van der Waals surface area (Å²) in [6, 6.07) is 3.44. The highest BCUT2D eigenvalue weighted by molar-refractivity contribution is 6.00. The van der Waals surface area contributed by atoms with Crippen LogP contribution in [0.25, 0.3) is 0 Å². The molecule has 14 nitrogen and oxygen atoms in total. The van der Waals surface area contributed by atoms with Crippen molar-refractivity contribution >= 4 is 23.7 Å². The molecule has 2 aliphatic rings. The van der Waals surface area contributed by atoms with Gasteiger partial charge in [0.1, 0.15) is 5.70 Å². The summed E-state index contributed by atoms with van der Waals surface area (Å²) < 4.78 is 28.5. The SMILES string of the molecule is CC(O)C1C(=O)N2C(C(=O)O)=C(CN(CCCNC(=O)c3ccc(O)c(O)c3F)CCCNC(=O)c3ccc(O)c(O)c3F)C(C)[C@H]12. The van der Waals surface area contributed by atoms with E-state index >= 15 is 0 Å². The number of nitrogens with zero attached hydrogens (tertiary/aromatic N) is 2. The number of hydrogen-bond donors (Lipinski definition) is 8. The number of carboxylic acids is 1. The highest BCUT2D eigenvalue weighted by Crippen LogP contribution is 2.47. The molecule has 1 fully saturated rings. The lowest BCUT2D eigenvalue weighted by Crippen LogP contribution is -2.63. The van der Waals surface area contributed by atoms with Crippen molar-refractivity contribution in [1.82, 2.24) is 20.4 Å². The van der Waals surface area contributed by atoms with Gasteiger partial charge in [-0.1, -0.05) is 6.92 Å². The molecule has 2 aromatic carbocycles. The van der Waals surface area contributed by atoms with Crippen LogP contribution in [0, 0.1) is 23.5 Å². The number of halogens is 2. The van der Waals surface area contributed by atoms with Gasteiger partial charge in [-0.3, -0.25) is 19.3 Å². The van der Waals surface area contributed by atoms with Crippen molar-refractivity contribution in [2.45, 2.75) is 38.8 Å². The Balaban J connectivity index is 1.44. The molecule has 0 saturated carbocycles. The Morgan fingerprint density at radius 2 is 1.36 bits per heavy atom. The highest BCUT2D eigenvalue weighted by Gasteiger charge is 2.59. The summed E-state index contributed by atoms with van der Waals surface area (Å²) in [7, 11) is 0. The standard InChI is InChI=1S/C31H36F2N4O10/c1-14-18(25(31(46)47)37-24(14)21(15(2)38)30(37)45)13-36(11-3-9-34-28(43)16-5-7-19(39)26(41)22(16)32)12-4-10-35-29(44)17-6-8-20(40)27(42)23(17)33/h5-8,14-15,21,24,38-42H,3-4,9-13H2,1-2H3,(H,34,43)(H,35,44)(H,46,47)/t14?,15?,21?,24-/m1/s1. The molecule has 2 heterocycles. The van der Waals surface area contributed by atoms with Crippen LogP contribution in [-0.4, -0.2) is 109 Å². The molecule has 0 spiro atoms. The number of nitrogens with one attached hydrogen (secondary N) is 2. The maximum atomic E-state index is 14.2. The van der Waals surface area contributed by atoms with Crippen molar-refractivity contribution in [3.8, 4) is 23.0 Å². The van der Waals surface area contributed by atoms with E-state index in [-0.39, 0.29) is 51.3 Å². The number of carbonyl (C=O) groups excluding carboxylic acids is 3. The number of carboxylic acid groups (broad SMARTS) is 1. The molecule has 3 unspecified atom stereocenters. The quantitative estimate of drug-likeness (QED) is 0.0817. The van der Waals surface area contributed by atoms with Crippen LogP contribution in [0.1, 0.15) is 47.4 Å². The number of fused-ring (bicyclic) bond motifs is 1. The average molecular weight is 663 g/mol. The second-order valence-electron chi connectivity index (χ2n) is 11.5. The van der Waals surface area contributed by atoms with E-state index in [0.29, 0.717) is 5.57 Å². The topological polar surface area (TPSA) is 220 Å². The summed E-state index contributed by atoms with van der Waals surface area (Å²) in [6.07, 6.45) is -0.410. The van der Waals surface area contributed by atoms with Crippen LogP contribution in [0.15, 0.2) is 35.5 Å². The molecule has 4 atom stereocenters. The van der Waals surface area contributed by atoms with E-state index in [1.807, 2.05) is 4.90 Å². The third kappa shape index (κ3) is 6.92. The number of benzene rings is 2. The van der Waals surface area contributed by atoms with Crippen LogP contribution >= 0.6 is 0 Å². The molecular formula is C31H36F2N4O10. The molecule has 8 N–H and O–H groups in total. The highest BCUT2D eigenvalue weighted by atomic mass is 19.1. The number of aromatic hydroxyl groups is 4. The van der Waals surface area contributed by atoms with Crippen LogP contribution in [0.4, 0.5) is 8.78 Å². The zero-order valence-electron chi connectivity index (χ0n) is 25.5. The second-order valence-corrected chi connectivity index (χ2v) is 11.5. The van der Waals surface area contributed by atoms with Gasteiger partial charge in [-0.05, 0) is 49.6 Å². The van der Waals surface area contributed by atoms with Gasteiger partial charge >= 0.3 is 5.97 Å². The fourth-order valence-electron chi connectivity index (χ4n) is 6.02. The Hall–Kier alpha value is -4.96. The average Bonchev–Trinajstić information content (AvgIpc) is 3.25. The van der Waals surface area contributed by atoms with Crippen LogP contribution in [-0.2, 0) is 9.59 Å². The van der Waals surface area contributed by atoms with Gasteiger partial charge in [-0.15, -0.1) is 0 Å². The predicted molar refractivity (Wildman–Crippen MR) is 159 cm³/mol. The lowest BCUT2D eigenvalue weighted by atomic mass is 9.77. The summed E-state index contributed by atoms with van der Waals surface area (Å²) in [5.41, 5.74) is -0.676. The first-order chi connectivity index (χ1) is 22.2. The fraction of sp³-hybridized carbons (Fsp3) is 0.419. The Kier molecular flexibility index (Phi) is 10.6. The Morgan fingerprint density at radius 1 is 0.894 bits per heavy atom. The molecule has 47 heavy (non-hydrogen) atoms. The van der Waals surface area contributed by atoms with E-state index in [0.717, 1.165) is 24.3 Å². The van der Waals surface area contributed by atoms with E-state index in [2.05, 4.69) is 10.6 Å². The van der Waals surface area contributed by atoms with Gasteiger partial charge in [-0.25, -0.2) is 13.6 Å². The minimum absolute atomic E-state index is 0.0362. The first-order valence-electron chi connectivity index (χ1n) is 14.8. The van der Waals surface area contributed by atoms with Gasteiger partial charge in [-0.2, -0.15) is 0 Å². The molecule has 3 amide bonds. The molecule has 0 radical (unpaired) electrons. The van der Waals surface area contributed by atoms with Gasteiger partial charge < -0.3 is 46.2 Å². The minimum Gasteiger partial charge on any atom is -0.504 e. The van der Waals surface area contributed by atoms with E-state index in [1.54, 1.807) is 6.92 Å². The van der Waals surface area contributed by atoms with E-state index in [9.17, 15) is 58.6 Å². The Labute approximate surface area is 267 Å². The van der Waals surface area contributed by atoms with Crippen molar-refractivity contribution in [1.29, 1.82) is 0 Å². The zero-order chi connectivity index (χ0) is 34.7. The lowest BCUT2D eigenvalue weighted by Gasteiger charge is -2.46. The minimum atomic E-state index is -1.30. The van der Waals surface area contributed by atoms with E-state index in [4.69, 9.17) is 0 Å². The van der Waals surface area contributed by atoms with E-state index < -0.39 is 93.4 Å². The normalized spacial score (nSPS) is 19.4. The summed E-state index contributed by atoms with van der Waals surface area (Å²) >= 11 is 0. The summed E-state index contributed by atoms with van der Waals surface area (Å²) in [5, 5.41) is 63.2. The molecule has 2 aliphatic heterocycles. The van der Waals surface area contributed by atoms with Gasteiger partial charge in [0.05, 0.1) is 29.2 Å². The number of aliphatic hydroxyl groups is 1. The van der Waals surface area contributed by atoms with Crippen LogP contribution in [0.3, 0.4) is 0 Å². The summed E-state index contributed by atoms with van der Waals surface area (Å²) in [6.45, 7) is 3.92. The van der Waals surface area contributed by atoms with Crippen molar-refractivity contribution in [2.24, 2.45) is 11.8 Å². The first kappa shape index (κ1) is 34.9. The molecular weight excluding hydrogens is 626 g/mol. The largest absolute Gasteiger partial charge is 0.504 e.